The van der Waals surface area contributed by atoms with Gasteiger partial charge >= 0.3 is 0 Å². The Kier molecular flexibility index (Phi) is 2.55. The van der Waals surface area contributed by atoms with Crippen LogP contribution in [0.5, 0.6) is 0 Å². The lowest BCUT2D eigenvalue weighted by Gasteiger charge is -2.28. The lowest BCUT2D eigenvalue weighted by Crippen LogP contribution is -2.42. The van der Waals surface area contributed by atoms with Crippen LogP contribution in [0.25, 0.3) is 0 Å². The summed E-state index contributed by atoms with van der Waals surface area (Å²) in [5.74, 6) is 0.914. The zero-order valence-electron chi connectivity index (χ0n) is 7.93. The van der Waals surface area contributed by atoms with Crippen LogP contribution in [0.4, 0.5) is 0 Å². The van der Waals surface area contributed by atoms with Crippen LogP contribution in [0.15, 0.2) is 12.7 Å². The van der Waals surface area contributed by atoms with E-state index in [0.717, 1.165) is 5.92 Å². The van der Waals surface area contributed by atoms with Crippen molar-refractivity contribution in [3.05, 3.63) is 12.7 Å². The number of nitrogens with zero attached hydrogens (tertiary/aromatic N) is 1. The monoisotopic (exact) mass is 169 g/mol. The lowest BCUT2D eigenvalue weighted by atomic mass is 10.2. The van der Waals surface area contributed by atoms with Crippen LogP contribution in [-0.2, 0) is 0 Å². The molecule has 0 N–H and O–H groups in total. The molecular formula is C9H19NSi. The highest BCUT2D eigenvalue weighted by Gasteiger charge is 2.38. The van der Waals surface area contributed by atoms with Gasteiger partial charge < -0.3 is 4.57 Å². The Balaban J connectivity index is 2.62. The van der Waals surface area contributed by atoms with Crippen molar-refractivity contribution in [3.8, 4) is 0 Å². The highest BCUT2D eigenvalue weighted by molar-refractivity contribution is 6.77. The van der Waals surface area contributed by atoms with Crippen molar-refractivity contribution >= 4 is 8.24 Å². The molecule has 0 aliphatic carbocycles. The maximum Gasteiger partial charge on any atom is 0.129 e. The van der Waals surface area contributed by atoms with Crippen LogP contribution in [-0.4, -0.2) is 26.4 Å². The van der Waals surface area contributed by atoms with E-state index in [-0.39, 0.29) is 0 Å². The van der Waals surface area contributed by atoms with Crippen LogP contribution in [0.2, 0.25) is 18.6 Å². The minimum atomic E-state index is -1.04. The van der Waals surface area contributed by atoms with Gasteiger partial charge in [0.2, 0.25) is 0 Å². The molecule has 0 radical (unpaired) electrons. The molecule has 0 aromatic carbocycles. The lowest BCUT2D eigenvalue weighted by molar-refractivity contribution is 0.488. The number of rotatable bonds is 2. The smallest absolute Gasteiger partial charge is 0.129 e. The van der Waals surface area contributed by atoms with E-state index in [1.165, 1.54) is 18.6 Å². The Hall–Kier alpha value is -0.0831. The largest absolute Gasteiger partial charge is 0.326 e. The van der Waals surface area contributed by atoms with Crippen molar-refractivity contribution in [2.45, 2.75) is 25.6 Å². The fourth-order valence-corrected chi connectivity index (χ4v) is 6.00. The average molecular weight is 169 g/mol. The van der Waals surface area contributed by atoms with Gasteiger partial charge in [0.05, 0.1) is 0 Å². The summed E-state index contributed by atoms with van der Waals surface area (Å²) in [5, 5.41) is 0. The zero-order valence-corrected chi connectivity index (χ0v) is 8.93. The second kappa shape index (κ2) is 3.11. The molecule has 0 amide bonds. The fraction of sp³-hybridized carbons (Fsp3) is 0.778. The van der Waals surface area contributed by atoms with E-state index >= 15 is 0 Å². The van der Waals surface area contributed by atoms with Crippen molar-refractivity contribution in [1.82, 2.24) is 4.57 Å². The van der Waals surface area contributed by atoms with Crippen molar-refractivity contribution < 1.29 is 0 Å². The normalized spacial score (nSPS) is 39.4. The quantitative estimate of drug-likeness (QED) is 0.453. The minimum absolute atomic E-state index is 0.914. The van der Waals surface area contributed by atoms with Gasteiger partial charge in [-0.2, -0.15) is 0 Å². The van der Waals surface area contributed by atoms with Crippen molar-refractivity contribution in [2.24, 2.45) is 5.92 Å². The first-order chi connectivity index (χ1) is 5.08. The molecule has 0 bridgehead atoms. The SMILES string of the molecule is C=CC[Si]1(C)CC(C)CN1C. The van der Waals surface area contributed by atoms with E-state index in [9.17, 15) is 0 Å². The van der Waals surface area contributed by atoms with Gasteiger partial charge in [-0.1, -0.05) is 19.5 Å². The molecule has 1 aliphatic rings. The summed E-state index contributed by atoms with van der Waals surface area (Å²) in [6.45, 7) is 9.97. The molecule has 1 aliphatic heterocycles. The Morgan fingerprint density at radius 2 is 2.36 bits per heavy atom. The van der Waals surface area contributed by atoms with Gasteiger partial charge in [0.1, 0.15) is 8.24 Å². The topological polar surface area (TPSA) is 3.24 Å². The van der Waals surface area contributed by atoms with Gasteiger partial charge in [-0.25, -0.2) is 0 Å². The van der Waals surface area contributed by atoms with Crippen LogP contribution >= 0.6 is 0 Å². The Labute approximate surface area is 71.2 Å². The van der Waals surface area contributed by atoms with Crippen molar-refractivity contribution in [1.29, 1.82) is 0 Å². The van der Waals surface area contributed by atoms with Crippen LogP contribution in [0.3, 0.4) is 0 Å². The molecule has 1 saturated heterocycles. The highest BCUT2D eigenvalue weighted by Crippen LogP contribution is 2.31. The summed E-state index contributed by atoms with van der Waals surface area (Å²) in [4.78, 5) is 0. The van der Waals surface area contributed by atoms with Gasteiger partial charge in [-0.3, -0.25) is 0 Å². The standard InChI is InChI=1S/C9H19NSi/c1-5-6-11(4)8-9(2)7-10(11)3/h5,9H,1,6-8H2,2-4H3. The van der Waals surface area contributed by atoms with Gasteiger partial charge in [0.25, 0.3) is 0 Å². The Morgan fingerprint density at radius 1 is 1.73 bits per heavy atom. The molecule has 1 heterocycles. The summed E-state index contributed by atoms with van der Waals surface area (Å²) in [5.41, 5.74) is 0. The molecule has 11 heavy (non-hydrogen) atoms. The summed E-state index contributed by atoms with van der Waals surface area (Å²) < 4.78 is 2.60. The van der Waals surface area contributed by atoms with Crippen molar-refractivity contribution in [2.75, 3.05) is 13.6 Å². The maximum atomic E-state index is 3.84. The van der Waals surface area contributed by atoms with Gasteiger partial charge in [0.15, 0.2) is 0 Å². The molecule has 0 spiro atoms. The van der Waals surface area contributed by atoms with E-state index in [2.05, 4.69) is 37.7 Å². The molecule has 1 nitrogen and oxygen atoms in total. The van der Waals surface area contributed by atoms with Gasteiger partial charge in [-0.15, -0.1) is 6.58 Å². The van der Waals surface area contributed by atoms with Crippen LogP contribution in [0.1, 0.15) is 6.92 Å². The molecule has 64 valence electrons. The third-order valence-corrected chi connectivity index (χ3v) is 7.65. The number of hydrogen-bond acceptors (Lipinski definition) is 1. The first kappa shape index (κ1) is 9.01. The molecule has 0 aromatic heterocycles. The highest BCUT2D eigenvalue weighted by atomic mass is 28.3. The first-order valence-corrected chi connectivity index (χ1v) is 7.27. The maximum absolute atomic E-state index is 3.84. The molecule has 0 saturated carbocycles. The zero-order chi connectivity index (χ0) is 8.48. The predicted octanol–water partition coefficient (Wildman–Crippen LogP) is 2.33. The van der Waals surface area contributed by atoms with E-state index in [4.69, 9.17) is 0 Å². The summed E-state index contributed by atoms with van der Waals surface area (Å²) >= 11 is 0. The van der Waals surface area contributed by atoms with Crippen LogP contribution < -0.4 is 0 Å². The molecule has 2 atom stereocenters. The summed E-state index contributed by atoms with van der Waals surface area (Å²) in [6, 6.07) is 2.71. The second-order valence-corrected chi connectivity index (χ2v) is 8.75. The van der Waals surface area contributed by atoms with E-state index < -0.39 is 8.24 Å². The molecule has 1 rings (SSSR count). The predicted molar refractivity (Wildman–Crippen MR) is 53.2 cm³/mol. The van der Waals surface area contributed by atoms with E-state index in [1.807, 2.05) is 0 Å². The third-order valence-electron chi connectivity index (χ3n) is 2.88. The average Bonchev–Trinajstić information content (AvgIpc) is 2.08. The molecule has 0 aromatic rings. The molecule has 1 fully saturated rings. The van der Waals surface area contributed by atoms with Crippen molar-refractivity contribution in [3.63, 3.8) is 0 Å². The summed E-state index contributed by atoms with van der Waals surface area (Å²) in [6.07, 6.45) is 2.10. The third kappa shape index (κ3) is 1.74. The van der Waals surface area contributed by atoms with Gasteiger partial charge in [0, 0.05) is 0 Å². The molecule has 2 heteroatoms. The van der Waals surface area contributed by atoms with Crippen LogP contribution in [0, 0.1) is 5.92 Å². The Morgan fingerprint density at radius 3 is 2.73 bits per heavy atom. The first-order valence-electron chi connectivity index (χ1n) is 4.40. The number of hydrogen-bond donors (Lipinski definition) is 0. The second-order valence-electron chi connectivity index (χ2n) is 4.18. The summed E-state index contributed by atoms with van der Waals surface area (Å²) in [7, 11) is 1.24. The number of allylic oxidation sites excluding steroid dienone is 1. The fourth-order valence-electron chi connectivity index (χ4n) is 2.21. The Bertz CT molecular complexity index is 158. The van der Waals surface area contributed by atoms with E-state index in [1.54, 1.807) is 0 Å². The molecule has 2 unspecified atom stereocenters. The minimum Gasteiger partial charge on any atom is -0.326 e. The molecular weight excluding hydrogens is 150 g/mol. The van der Waals surface area contributed by atoms with Gasteiger partial charge in [-0.05, 0) is 31.6 Å². The van der Waals surface area contributed by atoms with E-state index in [0.29, 0.717) is 0 Å².